The van der Waals surface area contributed by atoms with E-state index in [-0.39, 0.29) is 11.6 Å². The molecule has 0 aliphatic carbocycles. The Hall–Kier alpha value is -2.83. The number of aryl methyl sites for hydroxylation is 1. The summed E-state index contributed by atoms with van der Waals surface area (Å²) in [5, 5.41) is 0.981. The lowest BCUT2D eigenvalue weighted by Gasteiger charge is -2.21. The number of methoxy groups -OCH3 is 1. The molecule has 0 spiro atoms. The van der Waals surface area contributed by atoms with Crippen LogP contribution in [-0.4, -0.2) is 47.8 Å². The largest absolute Gasteiger partial charge is 0.494 e. The standard InChI is InChI=1S/C22H26FN5O/c1-26-17(15-8-7-9-18(29-2)19(15)23)14-16-20(26)24-22(28-12-5-6-13-28)25-21(16)27-10-3-4-11-27/h7-9,14H,3-6,10-13H2,1-2H3. The van der Waals surface area contributed by atoms with E-state index in [0.29, 0.717) is 5.56 Å². The van der Waals surface area contributed by atoms with Crippen LogP contribution in [0.15, 0.2) is 24.3 Å². The molecule has 29 heavy (non-hydrogen) atoms. The van der Waals surface area contributed by atoms with Gasteiger partial charge in [0.05, 0.1) is 18.2 Å². The number of hydrogen-bond acceptors (Lipinski definition) is 5. The van der Waals surface area contributed by atoms with Crippen molar-refractivity contribution in [1.82, 2.24) is 14.5 Å². The normalized spacial score (nSPS) is 16.9. The molecule has 7 heteroatoms. The van der Waals surface area contributed by atoms with E-state index in [2.05, 4.69) is 9.80 Å². The van der Waals surface area contributed by atoms with E-state index >= 15 is 4.39 Å². The van der Waals surface area contributed by atoms with Gasteiger partial charge in [-0.25, -0.2) is 4.39 Å². The molecule has 0 radical (unpaired) electrons. The lowest BCUT2D eigenvalue weighted by molar-refractivity contribution is 0.387. The summed E-state index contributed by atoms with van der Waals surface area (Å²) in [5.74, 6) is 1.66. The van der Waals surface area contributed by atoms with Gasteiger partial charge in [-0.1, -0.05) is 6.07 Å². The molecule has 2 aliphatic heterocycles. The van der Waals surface area contributed by atoms with Gasteiger partial charge in [0.2, 0.25) is 5.95 Å². The molecule has 0 amide bonds. The van der Waals surface area contributed by atoms with Crippen molar-refractivity contribution >= 4 is 22.8 Å². The molecule has 2 fully saturated rings. The first-order chi connectivity index (χ1) is 14.2. The SMILES string of the molecule is COc1cccc(-c2cc3c(N4CCCC4)nc(N4CCCC4)nc3n2C)c1F. The highest BCUT2D eigenvalue weighted by Crippen LogP contribution is 2.37. The minimum atomic E-state index is -0.351. The molecule has 1 aromatic carbocycles. The van der Waals surface area contributed by atoms with Crippen LogP contribution in [0.25, 0.3) is 22.3 Å². The van der Waals surface area contributed by atoms with Crippen molar-refractivity contribution in [2.75, 3.05) is 43.1 Å². The number of halogens is 1. The molecule has 5 rings (SSSR count). The predicted molar refractivity (Wildman–Crippen MR) is 113 cm³/mol. The average molecular weight is 395 g/mol. The maximum atomic E-state index is 15.0. The van der Waals surface area contributed by atoms with Gasteiger partial charge < -0.3 is 19.1 Å². The second-order valence-corrected chi connectivity index (χ2v) is 7.88. The van der Waals surface area contributed by atoms with Crippen molar-refractivity contribution in [2.45, 2.75) is 25.7 Å². The number of ether oxygens (including phenoxy) is 1. The van der Waals surface area contributed by atoms with Gasteiger partial charge in [-0.2, -0.15) is 9.97 Å². The van der Waals surface area contributed by atoms with Crippen LogP contribution in [0.2, 0.25) is 0 Å². The molecular weight excluding hydrogens is 369 g/mol. The average Bonchev–Trinajstić information content (AvgIpc) is 3.50. The zero-order chi connectivity index (χ0) is 20.0. The molecule has 0 N–H and O–H groups in total. The van der Waals surface area contributed by atoms with Crippen LogP contribution in [0.1, 0.15) is 25.7 Å². The van der Waals surface area contributed by atoms with Crippen molar-refractivity contribution in [3.8, 4) is 17.0 Å². The topological polar surface area (TPSA) is 46.4 Å². The van der Waals surface area contributed by atoms with Gasteiger partial charge in [-0.05, 0) is 43.9 Å². The van der Waals surface area contributed by atoms with Crippen LogP contribution in [0.5, 0.6) is 5.75 Å². The Bertz CT molecular complexity index is 1050. The highest BCUT2D eigenvalue weighted by atomic mass is 19.1. The van der Waals surface area contributed by atoms with Gasteiger partial charge in [0.1, 0.15) is 11.5 Å². The first-order valence-electron chi connectivity index (χ1n) is 10.4. The molecule has 3 aromatic rings. The first-order valence-corrected chi connectivity index (χ1v) is 10.4. The minimum absolute atomic E-state index is 0.247. The summed E-state index contributed by atoms with van der Waals surface area (Å²) < 4.78 is 22.2. The molecule has 0 unspecified atom stereocenters. The molecule has 2 saturated heterocycles. The summed E-state index contributed by atoms with van der Waals surface area (Å²) in [6.45, 7) is 3.99. The Morgan fingerprint density at radius 2 is 1.66 bits per heavy atom. The van der Waals surface area contributed by atoms with Gasteiger partial charge in [-0.3, -0.25) is 0 Å². The van der Waals surface area contributed by atoms with Crippen LogP contribution in [0, 0.1) is 5.82 Å². The van der Waals surface area contributed by atoms with Crippen LogP contribution in [0.3, 0.4) is 0 Å². The van der Waals surface area contributed by atoms with Crippen LogP contribution in [0.4, 0.5) is 16.2 Å². The summed E-state index contributed by atoms with van der Waals surface area (Å²) in [4.78, 5) is 14.5. The summed E-state index contributed by atoms with van der Waals surface area (Å²) >= 11 is 0. The van der Waals surface area contributed by atoms with Crippen LogP contribution >= 0.6 is 0 Å². The zero-order valence-corrected chi connectivity index (χ0v) is 17.0. The van der Waals surface area contributed by atoms with Gasteiger partial charge >= 0.3 is 0 Å². The van der Waals surface area contributed by atoms with E-state index in [9.17, 15) is 0 Å². The quantitative estimate of drug-likeness (QED) is 0.669. The molecule has 0 atom stereocenters. The third-order valence-corrected chi connectivity index (χ3v) is 6.11. The summed E-state index contributed by atoms with van der Waals surface area (Å²) in [6, 6.07) is 7.27. The maximum Gasteiger partial charge on any atom is 0.229 e. The van der Waals surface area contributed by atoms with Gasteiger partial charge in [0.15, 0.2) is 11.6 Å². The molecular formula is C22H26FN5O. The second kappa shape index (κ2) is 7.21. The zero-order valence-electron chi connectivity index (χ0n) is 17.0. The smallest absolute Gasteiger partial charge is 0.229 e. The minimum Gasteiger partial charge on any atom is -0.494 e. The monoisotopic (exact) mass is 395 g/mol. The van der Waals surface area contributed by atoms with Crippen molar-refractivity contribution in [3.63, 3.8) is 0 Å². The van der Waals surface area contributed by atoms with Gasteiger partial charge in [-0.15, -0.1) is 0 Å². The summed E-state index contributed by atoms with van der Waals surface area (Å²) in [5.41, 5.74) is 2.14. The van der Waals surface area contributed by atoms with Crippen molar-refractivity contribution < 1.29 is 9.13 Å². The van der Waals surface area contributed by atoms with E-state index in [1.165, 1.54) is 32.8 Å². The molecule has 4 heterocycles. The van der Waals surface area contributed by atoms with E-state index in [1.807, 2.05) is 23.7 Å². The Morgan fingerprint density at radius 1 is 0.966 bits per heavy atom. The Kier molecular flexibility index (Phi) is 4.53. The number of rotatable bonds is 4. The molecule has 0 saturated carbocycles. The lowest BCUT2D eigenvalue weighted by atomic mass is 10.1. The number of hydrogen-bond donors (Lipinski definition) is 0. The third-order valence-electron chi connectivity index (χ3n) is 6.11. The van der Waals surface area contributed by atoms with Crippen molar-refractivity contribution in [2.24, 2.45) is 7.05 Å². The Labute approximate surface area is 169 Å². The van der Waals surface area contributed by atoms with Crippen LogP contribution in [-0.2, 0) is 7.05 Å². The highest BCUT2D eigenvalue weighted by molar-refractivity contribution is 5.94. The van der Waals surface area contributed by atoms with E-state index < -0.39 is 0 Å². The predicted octanol–water partition coefficient (Wildman–Crippen LogP) is 3.98. The van der Waals surface area contributed by atoms with Gasteiger partial charge in [0, 0.05) is 38.8 Å². The fourth-order valence-electron chi connectivity index (χ4n) is 4.52. The van der Waals surface area contributed by atoms with Crippen LogP contribution < -0.4 is 14.5 Å². The second-order valence-electron chi connectivity index (χ2n) is 7.88. The number of nitrogens with zero attached hydrogens (tertiary/aromatic N) is 5. The number of benzene rings is 1. The van der Waals surface area contributed by atoms with Gasteiger partial charge in [0.25, 0.3) is 0 Å². The van der Waals surface area contributed by atoms with E-state index in [0.717, 1.165) is 54.7 Å². The summed E-state index contributed by atoms with van der Waals surface area (Å²) in [7, 11) is 3.44. The lowest BCUT2D eigenvalue weighted by Crippen LogP contribution is -2.24. The number of aromatic nitrogens is 3. The Morgan fingerprint density at radius 3 is 2.34 bits per heavy atom. The molecule has 0 bridgehead atoms. The number of fused-ring (bicyclic) bond motifs is 1. The van der Waals surface area contributed by atoms with E-state index in [4.69, 9.17) is 14.7 Å². The Balaban J connectivity index is 1.72. The maximum absolute atomic E-state index is 15.0. The molecule has 2 aromatic heterocycles. The summed E-state index contributed by atoms with van der Waals surface area (Å²) in [6.07, 6.45) is 4.70. The third kappa shape index (κ3) is 2.99. The highest BCUT2D eigenvalue weighted by Gasteiger charge is 2.25. The molecule has 2 aliphatic rings. The molecule has 152 valence electrons. The fraction of sp³-hybridized carbons (Fsp3) is 0.455. The fourth-order valence-corrected chi connectivity index (χ4v) is 4.52. The van der Waals surface area contributed by atoms with E-state index in [1.54, 1.807) is 12.1 Å². The first kappa shape index (κ1) is 18.2. The van der Waals surface area contributed by atoms with Crippen molar-refractivity contribution in [3.05, 3.63) is 30.1 Å². The van der Waals surface area contributed by atoms with Crippen molar-refractivity contribution in [1.29, 1.82) is 0 Å². The molecule has 6 nitrogen and oxygen atoms in total. The number of anilines is 2.